The van der Waals surface area contributed by atoms with Crippen molar-refractivity contribution in [2.45, 2.75) is 20.8 Å². The fourth-order valence-electron chi connectivity index (χ4n) is 2.66. The Bertz CT molecular complexity index is 639. The summed E-state index contributed by atoms with van der Waals surface area (Å²) in [6.45, 7) is 6.63. The summed E-state index contributed by atoms with van der Waals surface area (Å²) < 4.78 is 0. The summed E-state index contributed by atoms with van der Waals surface area (Å²) in [5.74, 6) is -0.732. The van der Waals surface area contributed by atoms with Gasteiger partial charge >= 0.3 is 0 Å². The molecule has 23 heavy (non-hydrogen) atoms. The lowest BCUT2D eigenvalue weighted by atomic mass is 10.0. The molecule has 0 unspecified atom stereocenters. The Morgan fingerprint density at radius 3 is 2.43 bits per heavy atom. The summed E-state index contributed by atoms with van der Waals surface area (Å²) in [4.78, 5) is 39.9. The first-order chi connectivity index (χ1) is 10.9. The van der Waals surface area contributed by atoms with Gasteiger partial charge in [0.05, 0.1) is 17.7 Å². The number of aliphatic hydroxyl groups excluding tert-OH is 1. The van der Waals surface area contributed by atoms with Gasteiger partial charge in [-0.15, -0.1) is 0 Å². The summed E-state index contributed by atoms with van der Waals surface area (Å²) in [5, 5.41) is 9.01. The standard InChI is InChI=1S/C17H22N2O4/c1-4-18(7-8-20)15(21)12-5-6-13-14(9-12)17(23)19(16(13)22)10-11(2)3/h5-6,9,11,20H,4,7-8,10H2,1-3H3. The Hall–Kier alpha value is -2.21. The zero-order chi connectivity index (χ0) is 17.1. The quantitative estimate of drug-likeness (QED) is 0.804. The molecule has 1 aliphatic rings. The lowest BCUT2D eigenvalue weighted by molar-refractivity contribution is 0.0636. The van der Waals surface area contributed by atoms with Crippen LogP contribution in [0.2, 0.25) is 0 Å². The molecule has 0 atom stereocenters. The van der Waals surface area contributed by atoms with E-state index >= 15 is 0 Å². The first-order valence-corrected chi connectivity index (χ1v) is 7.81. The maximum atomic E-state index is 12.4. The Balaban J connectivity index is 2.32. The highest BCUT2D eigenvalue weighted by Crippen LogP contribution is 2.25. The summed E-state index contributed by atoms with van der Waals surface area (Å²) in [6, 6.07) is 4.58. The molecule has 0 fully saturated rings. The molecule has 1 aromatic rings. The number of likely N-dealkylation sites (N-methyl/N-ethyl adjacent to an activating group) is 1. The van der Waals surface area contributed by atoms with E-state index in [1.165, 1.54) is 21.9 Å². The number of imide groups is 1. The van der Waals surface area contributed by atoms with Crippen molar-refractivity contribution in [3.8, 4) is 0 Å². The Morgan fingerprint density at radius 2 is 1.87 bits per heavy atom. The van der Waals surface area contributed by atoms with E-state index in [0.29, 0.717) is 24.2 Å². The van der Waals surface area contributed by atoms with Gasteiger partial charge < -0.3 is 10.0 Å². The predicted molar refractivity (Wildman–Crippen MR) is 85.3 cm³/mol. The SMILES string of the molecule is CCN(CCO)C(=O)c1ccc2c(c1)C(=O)N(CC(C)C)C2=O. The van der Waals surface area contributed by atoms with Crippen molar-refractivity contribution < 1.29 is 19.5 Å². The molecule has 0 saturated heterocycles. The van der Waals surface area contributed by atoms with Crippen molar-refractivity contribution in [1.82, 2.24) is 9.80 Å². The van der Waals surface area contributed by atoms with Gasteiger partial charge in [0.1, 0.15) is 0 Å². The monoisotopic (exact) mass is 318 g/mol. The number of carbonyl (C=O) groups excluding carboxylic acids is 3. The number of nitrogens with zero attached hydrogens (tertiary/aromatic N) is 2. The molecule has 0 spiro atoms. The van der Waals surface area contributed by atoms with Crippen LogP contribution < -0.4 is 0 Å². The average Bonchev–Trinajstić information content (AvgIpc) is 2.76. The first kappa shape index (κ1) is 17.1. The van der Waals surface area contributed by atoms with Gasteiger partial charge in [0, 0.05) is 25.2 Å². The van der Waals surface area contributed by atoms with E-state index in [4.69, 9.17) is 5.11 Å². The van der Waals surface area contributed by atoms with Crippen molar-refractivity contribution in [1.29, 1.82) is 0 Å². The third-order valence-corrected chi connectivity index (χ3v) is 3.80. The van der Waals surface area contributed by atoms with Crippen LogP contribution in [0.4, 0.5) is 0 Å². The van der Waals surface area contributed by atoms with E-state index in [9.17, 15) is 14.4 Å². The molecule has 0 aromatic heterocycles. The van der Waals surface area contributed by atoms with Gasteiger partial charge in [-0.1, -0.05) is 13.8 Å². The lowest BCUT2D eigenvalue weighted by Crippen LogP contribution is -2.33. The van der Waals surface area contributed by atoms with Crippen molar-refractivity contribution in [3.05, 3.63) is 34.9 Å². The molecule has 0 radical (unpaired) electrons. The molecule has 1 heterocycles. The van der Waals surface area contributed by atoms with Gasteiger partial charge in [0.15, 0.2) is 0 Å². The van der Waals surface area contributed by atoms with E-state index < -0.39 is 0 Å². The van der Waals surface area contributed by atoms with Gasteiger partial charge in [-0.3, -0.25) is 19.3 Å². The number of fused-ring (bicyclic) bond motifs is 1. The third-order valence-electron chi connectivity index (χ3n) is 3.80. The molecule has 3 amide bonds. The minimum Gasteiger partial charge on any atom is -0.395 e. The highest BCUT2D eigenvalue weighted by Gasteiger charge is 2.36. The molecule has 124 valence electrons. The van der Waals surface area contributed by atoms with E-state index in [2.05, 4.69) is 0 Å². The fourth-order valence-corrected chi connectivity index (χ4v) is 2.66. The van der Waals surface area contributed by atoms with Crippen LogP contribution in [0, 0.1) is 5.92 Å². The van der Waals surface area contributed by atoms with Gasteiger partial charge in [-0.05, 0) is 31.0 Å². The normalized spacial score (nSPS) is 13.7. The Morgan fingerprint density at radius 1 is 1.22 bits per heavy atom. The van der Waals surface area contributed by atoms with Crippen LogP contribution >= 0.6 is 0 Å². The van der Waals surface area contributed by atoms with Crippen molar-refractivity contribution in [2.24, 2.45) is 5.92 Å². The van der Waals surface area contributed by atoms with Gasteiger partial charge in [0.2, 0.25) is 0 Å². The van der Waals surface area contributed by atoms with Gasteiger partial charge in [-0.25, -0.2) is 0 Å². The Labute approximate surface area is 135 Å². The number of amides is 3. The average molecular weight is 318 g/mol. The second-order valence-corrected chi connectivity index (χ2v) is 5.98. The van der Waals surface area contributed by atoms with Crippen LogP contribution in [0.1, 0.15) is 51.8 Å². The molecule has 0 saturated carbocycles. The molecule has 0 aliphatic carbocycles. The van der Waals surface area contributed by atoms with Crippen molar-refractivity contribution >= 4 is 17.7 Å². The molecule has 6 heteroatoms. The number of aliphatic hydroxyl groups is 1. The number of hydrogen-bond donors (Lipinski definition) is 1. The minimum absolute atomic E-state index is 0.121. The number of carbonyl (C=O) groups is 3. The highest BCUT2D eigenvalue weighted by molar-refractivity contribution is 6.22. The van der Waals surface area contributed by atoms with Crippen molar-refractivity contribution in [2.75, 3.05) is 26.2 Å². The molecular formula is C17H22N2O4. The van der Waals surface area contributed by atoms with E-state index in [-0.39, 0.29) is 42.4 Å². The zero-order valence-electron chi connectivity index (χ0n) is 13.7. The maximum absolute atomic E-state index is 12.4. The first-order valence-electron chi connectivity index (χ1n) is 7.81. The van der Waals surface area contributed by atoms with Crippen LogP contribution in [-0.4, -0.2) is 58.9 Å². The maximum Gasteiger partial charge on any atom is 0.261 e. The second-order valence-electron chi connectivity index (χ2n) is 5.98. The van der Waals surface area contributed by atoms with Crippen LogP contribution in [-0.2, 0) is 0 Å². The summed E-state index contributed by atoms with van der Waals surface area (Å²) in [7, 11) is 0. The molecule has 2 rings (SSSR count). The van der Waals surface area contributed by atoms with E-state index in [0.717, 1.165) is 0 Å². The third kappa shape index (κ3) is 3.27. The van der Waals surface area contributed by atoms with Gasteiger partial charge in [0.25, 0.3) is 17.7 Å². The van der Waals surface area contributed by atoms with Crippen molar-refractivity contribution in [3.63, 3.8) is 0 Å². The smallest absolute Gasteiger partial charge is 0.261 e. The van der Waals surface area contributed by atoms with Crippen LogP contribution in [0.3, 0.4) is 0 Å². The molecule has 1 aliphatic heterocycles. The number of benzene rings is 1. The van der Waals surface area contributed by atoms with E-state index in [1.54, 1.807) is 6.07 Å². The molecule has 1 N–H and O–H groups in total. The minimum atomic E-state index is -0.349. The summed E-state index contributed by atoms with van der Waals surface area (Å²) in [5.41, 5.74) is 0.977. The molecule has 1 aromatic carbocycles. The van der Waals surface area contributed by atoms with Gasteiger partial charge in [-0.2, -0.15) is 0 Å². The topological polar surface area (TPSA) is 77.9 Å². The number of hydrogen-bond acceptors (Lipinski definition) is 4. The summed E-state index contributed by atoms with van der Waals surface area (Å²) in [6.07, 6.45) is 0. The summed E-state index contributed by atoms with van der Waals surface area (Å²) >= 11 is 0. The van der Waals surface area contributed by atoms with Crippen LogP contribution in [0.25, 0.3) is 0 Å². The highest BCUT2D eigenvalue weighted by atomic mass is 16.3. The van der Waals surface area contributed by atoms with E-state index in [1.807, 2.05) is 20.8 Å². The zero-order valence-corrected chi connectivity index (χ0v) is 13.7. The number of rotatable bonds is 6. The largest absolute Gasteiger partial charge is 0.395 e. The predicted octanol–water partition coefficient (Wildman–Crippen LogP) is 1.39. The lowest BCUT2D eigenvalue weighted by Gasteiger charge is -2.19. The van der Waals surface area contributed by atoms with Crippen LogP contribution in [0.5, 0.6) is 0 Å². The molecular weight excluding hydrogens is 296 g/mol. The fraction of sp³-hybridized carbons (Fsp3) is 0.471. The molecule has 0 bridgehead atoms. The van der Waals surface area contributed by atoms with Crippen LogP contribution in [0.15, 0.2) is 18.2 Å². The molecule has 6 nitrogen and oxygen atoms in total. The Kier molecular flexibility index (Phi) is 5.15. The second kappa shape index (κ2) is 6.91.